The smallest absolute Gasteiger partial charge is 0.251 e. The van der Waals surface area contributed by atoms with Gasteiger partial charge in [-0.2, -0.15) is 4.31 Å². The molecule has 0 aliphatic carbocycles. The van der Waals surface area contributed by atoms with Gasteiger partial charge < -0.3 is 15.0 Å². The Balaban J connectivity index is 1.51. The quantitative estimate of drug-likeness (QED) is 0.657. The first kappa shape index (κ1) is 23.8. The first-order valence-electron chi connectivity index (χ1n) is 11.4. The third-order valence-corrected chi connectivity index (χ3v) is 8.14. The zero-order valence-corrected chi connectivity index (χ0v) is 19.8. The minimum atomic E-state index is -3.67. The molecule has 0 saturated carbocycles. The lowest BCUT2D eigenvalue weighted by Crippen LogP contribution is -2.47. The standard InChI is InChI=1S/C24H32N4O4S/c1-26-10-12-27(13-11-26)19-23(20-6-3-2-4-7-20)25-24(29)21-8-5-9-22(18-21)33(30,31)28-14-16-32-17-15-28/h2-9,18,23H,10-17,19H2,1H3,(H,25,29). The molecular weight excluding hydrogens is 440 g/mol. The van der Waals surface area contributed by atoms with E-state index < -0.39 is 10.0 Å². The van der Waals surface area contributed by atoms with E-state index in [1.165, 1.54) is 10.4 Å². The Morgan fingerprint density at radius 3 is 2.36 bits per heavy atom. The Hall–Kier alpha value is -2.30. The highest BCUT2D eigenvalue weighted by Gasteiger charge is 2.27. The third-order valence-electron chi connectivity index (χ3n) is 6.25. The van der Waals surface area contributed by atoms with E-state index in [-0.39, 0.29) is 16.8 Å². The van der Waals surface area contributed by atoms with E-state index in [1.54, 1.807) is 18.2 Å². The summed E-state index contributed by atoms with van der Waals surface area (Å²) in [7, 11) is -1.55. The highest BCUT2D eigenvalue weighted by Crippen LogP contribution is 2.20. The third kappa shape index (κ3) is 5.99. The Bertz CT molecular complexity index is 1030. The summed E-state index contributed by atoms with van der Waals surface area (Å²) in [5.74, 6) is -0.281. The second-order valence-electron chi connectivity index (χ2n) is 8.58. The van der Waals surface area contributed by atoms with Crippen molar-refractivity contribution in [2.24, 2.45) is 0 Å². The Kier molecular flexibility index (Phi) is 7.77. The summed E-state index contributed by atoms with van der Waals surface area (Å²) in [5.41, 5.74) is 1.37. The SMILES string of the molecule is CN1CCN(CC(NC(=O)c2cccc(S(=O)(=O)N3CCOCC3)c2)c2ccccc2)CC1. The average molecular weight is 473 g/mol. The zero-order valence-electron chi connectivity index (χ0n) is 19.0. The van der Waals surface area contributed by atoms with Crippen LogP contribution < -0.4 is 5.32 Å². The summed E-state index contributed by atoms with van der Waals surface area (Å²) < 4.78 is 32.7. The van der Waals surface area contributed by atoms with E-state index in [4.69, 9.17) is 4.74 Å². The number of morpholine rings is 1. The van der Waals surface area contributed by atoms with E-state index in [0.717, 1.165) is 31.7 Å². The number of rotatable bonds is 7. The van der Waals surface area contributed by atoms with Crippen molar-refractivity contribution in [3.63, 3.8) is 0 Å². The lowest BCUT2D eigenvalue weighted by molar-refractivity contribution is 0.0730. The summed E-state index contributed by atoms with van der Waals surface area (Å²) in [5, 5.41) is 3.14. The molecule has 2 heterocycles. The molecule has 0 radical (unpaired) electrons. The zero-order chi connectivity index (χ0) is 23.3. The number of carbonyl (C=O) groups excluding carboxylic acids is 1. The molecule has 0 spiro atoms. The number of likely N-dealkylation sites (N-methyl/N-ethyl adjacent to an activating group) is 1. The number of piperazine rings is 1. The molecule has 2 aliphatic rings. The van der Waals surface area contributed by atoms with Crippen LogP contribution in [0.3, 0.4) is 0 Å². The van der Waals surface area contributed by atoms with Crippen LogP contribution in [0.5, 0.6) is 0 Å². The molecule has 2 aromatic rings. The molecule has 178 valence electrons. The van der Waals surface area contributed by atoms with E-state index >= 15 is 0 Å². The van der Waals surface area contributed by atoms with Gasteiger partial charge in [-0.25, -0.2) is 8.42 Å². The molecule has 1 atom stereocenters. The van der Waals surface area contributed by atoms with Gasteiger partial charge in [-0.15, -0.1) is 0 Å². The molecule has 2 saturated heterocycles. The van der Waals surface area contributed by atoms with Crippen molar-refractivity contribution in [2.45, 2.75) is 10.9 Å². The van der Waals surface area contributed by atoms with Crippen LogP contribution in [-0.2, 0) is 14.8 Å². The Labute approximate surface area is 196 Å². The predicted octanol–water partition coefficient (Wildman–Crippen LogP) is 1.43. The maximum Gasteiger partial charge on any atom is 0.251 e. The molecule has 4 rings (SSSR count). The monoisotopic (exact) mass is 472 g/mol. The fourth-order valence-electron chi connectivity index (χ4n) is 4.18. The van der Waals surface area contributed by atoms with Gasteiger partial charge in [0.1, 0.15) is 0 Å². The van der Waals surface area contributed by atoms with Crippen LogP contribution >= 0.6 is 0 Å². The van der Waals surface area contributed by atoms with Crippen molar-refractivity contribution in [3.8, 4) is 0 Å². The van der Waals surface area contributed by atoms with E-state index in [1.807, 2.05) is 30.3 Å². The number of sulfonamides is 1. The first-order chi connectivity index (χ1) is 15.9. The summed E-state index contributed by atoms with van der Waals surface area (Å²) in [6, 6.07) is 16.0. The van der Waals surface area contributed by atoms with Crippen molar-refractivity contribution in [1.29, 1.82) is 0 Å². The van der Waals surface area contributed by atoms with E-state index in [2.05, 4.69) is 22.2 Å². The fourth-order valence-corrected chi connectivity index (χ4v) is 5.64. The van der Waals surface area contributed by atoms with Gasteiger partial charge in [0, 0.05) is 51.4 Å². The number of benzene rings is 2. The minimum Gasteiger partial charge on any atom is -0.379 e. The molecule has 2 fully saturated rings. The molecule has 1 amide bonds. The van der Waals surface area contributed by atoms with Crippen molar-refractivity contribution in [2.75, 3.05) is 66.1 Å². The fraction of sp³-hybridized carbons (Fsp3) is 0.458. The lowest BCUT2D eigenvalue weighted by atomic mass is 10.0. The highest BCUT2D eigenvalue weighted by atomic mass is 32.2. The second kappa shape index (κ2) is 10.8. The molecule has 2 aromatic carbocycles. The molecule has 1 N–H and O–H groups in total. The van der Waals surface area contributed by atoms with Crippen LogP contribution in [0.15, 0.2) is 59.5 Å². The number of amides is 1. The topological polar surface area (TPSA) is 82.2 Å². The van der Waals surface area contributed by atoms with Crippen LogP contribution in [0, 0.1) is 0 Å². The van der Waals surface area contributed by atoms with Crippen molar-refractivity contribution < 1.29 is 17.9 Å². The van der Waals surface area contributed by atoms with E-state index in [0.29, 0.717) is 38.4 Å². The maximum absolute atomic E-state index is 13.2. The minimum absolute atomic E-state index is 0.132. The van der Waals surface area contributed by atoms with Gasteiger partial charge in [-0.1, -0.05) is 36.4 Å². The second-order valence-corrected chi connectivity index (χ2v) is 10.5. The molecule has 0 bridgehead atoms. The summed E-state index contributed by atoms with van der Waals surface area (Å²) >= 11 is 0. The normalized spacial score (nSPS) is 19.8. The number of ether oxygens (including phenoxy) is 1. The van der Waals surface area contributed by atoms with Gasteiger partial charge in [0.25, 0.3) is 5.91 Å². The van der Waals surface area contributed by atoms with E-state index in [9.17, 15) is 13.2 Å². The van der Waals surface area contributed by atoms with Crippen LogP contribution in [0.25, 0.3) is 0 Å². The van der Waals surface area contributed by atoms with Gasteiger partial charge in [-0.05, 0) is 30.8 Å². The number of carbonyl (C=O) groups is 1. The van der Waals surface area contributed by atoms with Gasteiger partial charge in [0.05, 0.1) is 24.2 Å². The number of nitrogens with one attached hydrogen (secondary N) is 1. The van der Waals surface area contributed by atoms with Gasteiger partial charge >= 0.3 is 0 Å². The van der Waals surface area contributed by atoms with Crippen molar-refractivity contribution >= 4 is 15.9 Å². The summed E-state index contributed by atoms with van der Waals surface area (Å²) in [6.07, 6.45) is 0. The van der Waals surface area contributed by atoms with Gasteiger partial charge in [0.2, 0.25) is 10.0 Å². The van der Waals surface area contributed by atoms with Gasteiger partial charge in [0.15, 0.2) is 0 Å². The summed E-state index contributed by atoms with van der Waals surface area (Å²) in [6.45, 7) is 5.99. The first-order valence-corrected chi connectivity index (χ1v) is 12.8. The molecule has 9 heteroatoms. The van der Waals surface area contributed by atoms with Crippen molar-refractivity contribution in [3.05, 3.63) is 65.7 Å². The van der Waals surface area contributed by atoms with Crippen LogP contribution in [0.1, 0.15) is 22.0 Å². The highest BCUT2D eigenvalue weighted by molar-refractivity contribution is 7.89. The molecular formula is C24H32N4O4S. The Morgan fingerprint density at radius 2 is 1.67 bits per heavy atom. The van der Waals surface area contributed by atoms with Crippen molar-refractivity contribution in [1.82, 2.24) is 19.4 Å². The maximum atomic E-state index is 13.2. The van der Waals surface area contributed by atoms with Crippen LogP contribution in [-0.4, -0.2) is 94.5 Å². The number of hydrogen-bond donors (Lipinski definition) is 1. The summed E-state index contributed by atoms with van der Waals surface area (Å²) in [4.78, 5) is 18.0. The Morgan fingerprint density at radius 1 is 0.970 bits per heavy atom. The lowest BCUT2D eigenvalue weighted by Gasteiger charge is -2.35. The number of hydrogen-bond acceptors (Lipinski definition) is 6. The van der Waals surface area contributed by atoms with Crippen LogP contribution in [0.2, 0.25) is 0 Å². The molecule has 2 aliphatic heterocycles. The molecule has 33 heavy (non-hydrogen) atoms. The molecule has 8 nitrogen and oxygen atoms in total. The molecule has 0 aromatic heterocycles. The number of nitrogens with zero attached hydrogens (tertiary/aromatic N) is 3. The van der Waals surface area contributed by atoms with Crippen LogP contribution in [0.4, 0.5) is 0 Å². The molecule has 1 unspecified atom stereocenters. The predicted molar refractivity (Wildman–Crippen MR) is 127 cm³/mol. The largest absolute Gasteiger partial charge is 0.379 e. The van der Waals surface area contributed by atoms with Gasteiger partial charge in [-0.3, -0.25) is 9.69 Å². The average Bonchev–Trinajstić information content (AvgIpc) is 2.86.